The Hall–Kier alpha value is -3.00. The number of nitrogens with zero attached hydrogens (tertiary/aromatic N) is 3. The van der Waals surface area contributed by atoms with Gasteiger partial charge in [0.05, 0.1) is 18.3 Å². The van der Waals surface area contributed by atoms with E-state index in [0.29, 0.717) is 17.6 Å². The number of aromatic amines is 2. The topological polar surface area (TPSA) is 86.4 Å². The first kappa shape index (κ1) is 18.4. The van der Waals surface area contributed by atoms with Gasteiger partial charge in [-0.1, -0.05) is 12.1 Å². The second kappa shape index (κ2) is 7.93. The number of methoxy groups -OCH3 is 1. The molecule has 0 unspecified atom stereocenters. The van der Waals surface area contributed by atoms with Crippen LogP contribution in [0, 0.1) is 0 Å². The maximum Gasteiger partial charge on any atom is 0.328 e. The Bertz CT molecular complexity index is 1060. The van der Waals surface area contributed by atoms with Crippen LogP contribution in [0.3, 0.4) is 0 Å². The fourth-order valence-corrected chi connectivity index (χ4v) is 3.82. The Morgan fingerprint density at radius 1 is 1.04 bits per heavy atom. The van der Waals surface area contributed by atoms with Gasteiger partial charge < -0.3 is 19.6 Å². The van der Waals surface area contributed by atoms with Gasteiger partial charge in [0, 0.05) is 38.9 Å². The molecule has 28 heavy (non-hydrogen) atoms. The van der Waals surface area contributed by atoms with Crippen LogP contribution in [0.25, 0.3) is 11.0 Å². The Morgan fingerprint density at radius 2 is 1.82 bits per heavy atom. The monoisotopic (exact) mass is 383 g/mol. The van der Waals surface area contributed by atoms with E-state index in [1.165, 1.54) is 4.57 Å². The Morgan fingerprint density at radius 3 is 2.61 bits per heavy atom. The molecule has 0 radical (unpaired) electrons. The molecule has 1 fully saturated rings. The lowest BCUT2D eigenvalue weighted by atomic mass is 10.2. The summed E-state index contributed by atoms with van der Waals surface area (Å²) in [6.45, 7) is 5.01. The zero-order valence-corrected chi connectivity index (χ0v) is 16.0. The minimum atomic E-state index is -0.349. The van der Waals surface area contributed by atoms with E-state index in [0.717, 1.165) is 50.6 Å². The van der Waals surface area contributed by atoms with Gasteiger partial charge in [0.25, 0.3) is 5.56 Å². The lowest BCUT2D eigenvalue weighted by Gasteiger charge is -2.36. The third-order valence-electron chi connectivity index (χ3n) is 5.35. The van der Waals surface area contributed by atoms with Crippen LogP contribution in [-0.2, 0) is 6.54 Å². The minimum absolute atomic E-state index is 0.259. The highest BCUT2D eigenvalue weighted by molar-refractivity contribution is 5.73. The number of hydrogen-bond donors (Lipinski definition) is 2. The predicted molar refractivity (Wildman–Crippen MR) is 109 cm³/mol. The average molecular weight is 383 g/mol. The first-order valence-corrected chi connectivity index (χ1v) is 9.58. The SMILES string of the molecule is COc1ccccc1N1CCN(CCCn2c(=O)[nH]c3cc[nH]c3c2=O)CC1. The summed E-state index contributed by atoms with van der Waals surface area (Å²) in [5.74, 6) is 0.897. The molecule has 1 aliphatic heterocycles. The predicted octanol–water partition coefficient (Wildman–Crippen LogP) is 1.24. The number of nitrogens with one attached hydrogen (secondary N) is 2. The quantitative estimate of drug-likeness (QED) is 0.669. The Balaban J connectivity index is 1.33. The van der Waals surface area contributed by atoms with E-state index in [9.17, 15) is 9.59 Å². The maximum absolute atomic E-state index is 12.4. The molecule has 1 aliphatic rings. The van der Waals surface area contributed by atoms with Crippen LogP contribution in [0.1, 0.15) is 6.42 Å². The normalized spacial score (nSPS) is 15.2. The van der Waals surface area contributed by atoms with Crippen molar-refractivity contribution in [2.24, 2.45) is 0 Å². The Labute approximate surface area is 162 Å². The van der Waals surface area contributed by atoms with E-state index >= 15 is 0 Å². The van der Waals surface area contributed by atoms with Gasteiger partial charge in [0.2, 0.25) is 0 Å². The molecule has 0 spiro atoms. The van der Waals surface area contributed by atoms with Crippen molar-refractivity contribution in [2.75, 3.05) is 44.7 Å². The number of benzene rings is 1. The molecular formula is C20H25N5O3. The lowest BCUT2D eigenvalue weighted by Crippen LogP contribution is -2.47. The van der Waals surface area contributed by atoms with Gasteiger partial charge in [0.15, 0.2) is 0 Å². The van der Waals surface area contributed by atoms with Gasteiger partial charge in [-0.2, -0.15) is 0 Å². The summed E-state index contributed by atoms with van der Waals surface area (Å²) in [5, 5.41) is 0. The van der Waals surface area contributed by atoms with Crippen molar-refractivity contribution in [1.82, 2.24) is 19.4 Å². The van der Waals surface area contributed by atoms with Gasteiger partial charge in [0.1, 0.15) is 11.3 Å². The van der Waals surface area contributed by atoms with Crippen LogP contribution >= 0.6 is 0 Å². The molecule has 0 saturated carbocycles. The Kier molecular flexibility index (Phi) is 5.21. The standard InChI is InChI=1S/C20H25N5O3/c1-28-17-6-3-2-5-16(17)24-13-11-23(12-14-24)9-4-10-25-19(26)18-15(7-8-21-18)22-20(25)27/h2-3,5-8,21H,4,9-14H2,1H3,(H,22,27). The molecule has 4 rings (SSSR count). The zero-order valence-electron chi connectivity index (χ0n) is 16.0. The molecule has 1 saturated heterocycles. The van der Waals surface area contributed by atoms with E-state index in [4.69, 9.17) is 4.74 Å². The van der Waals surface area contributed by atoms with E-state index in [2.05, 4.69) is 25.8 Å². The fraction of sp³-hybridized carbons (Fsp3) is 0.400. The summed E-state index contributed by atoms with van der Waals surface area (Å²) in [5.41, 5.74) is 1.52. The average Bonchev–Trinajstić information content (AvgIpc) is 3.19. The molecule has 8 nitrogen and oxygen atoms in total. The molecule has 0 bridgehead atoms. The van der Waals surface area contributed by atoms with Crippen LogP contribution in [0.2, 0.25) is 0 Å². The van der Waals surface area contributed by atoms with E-state index in [1.807, 2.05) is 18.2 Å². The first-order valence-electron chi connectivity index (χ1n) is 9.58. The van der Waals surface area contributed by atoms with Crippen LogP contribution < -0.4 is 20.9 Å². The molecular weight excluding hydrogens is 358 g/mol. The van der Waals surface area contributed by atoms with E-state index in [-0.39, 0.29) is 11.2 Å². The van der Waals surface area contributed by atoms with Crippen LogP contribution in [0.15, 0.2) is 46.1 Å². The highest BCUT2D eigenvalue weighted by atomic mass is 16.5. The molecule has 8 heteroatoms. The number of H-pyrrole nitrogens is 2. The number of fused-ring (bicyclic) bond motifs is 1. The summed E-state index contributed by atoms with van der Waals surface area (Å²) in [6.07, 6.45) is 2.41. The highest BCUT2D eigenvalue weighted by Crippen LogP contribution is 2.28. The van der Waals surface area contributed by atoms with Crippen molar-refractivity contribution in [2.45, 2.75) is 13.0 Å². The van der Waals surface area contributed by atoms with Crippen molar-refractivity contribution in [1.29, 1.82) is 0 Å². The molecule has 3 heterocycles. The molecule has 3 aromatic rings. The third-order valence-corrected chi connectivity index (χ3v) is 5.35. The number of para-hydroxylation sites is 2. The molecule has 1 aromatic carbocycles. The number of rotatable bonds is 6. The fourth-order valence-electron chi connectivity index (χ4n) is 3.82. The first-order chi connectivity index (χ1) is 13.7. The summed E-state index contributed by atoms with van der Waals surface area (Å²) >= 11 is 0. The van der Waals surface area contributed by atoms with Gasteiger partial charge in [-0.3, -0.25) is 14.3 Å². The van der Waals surface area contributed by atoms with Crippen LogP contribution in [0.5, 0.6) is 5.75 Å². The van der Waals surface area contributed by atoms with Crippen molar-refractivity contribution < 1.29 is 4.74 Å². The second-order valence-corrected chi connectivity index (χ2v) is 7.01. The van der Waals surface area contributed by atoms with Gasteiger partial charge >= 0.3 is 5.69 Å². The van der Waals surface area contributed by atoms with Crippen LogP contribution in [-0.4, -0.2) is 59.3 Å². The van der Waals surface area contributed by atoms with Crippen molar-refractivity contribution in [3.63, 3.8) is 0 Å². The summed E-state index contributed by atoms with van der Waals surface area (Å²) in [6, 6.07) is 9.78. The minimum Gasteiger partial charge on any atom is -0.495 e. The van der Waals surface area contributed by atoms with Crippen LogP contribution in [0.4, 0.5) is 5.69 Å². The largest absolute Gasteiger partial charge is 0.495 e. The van der Waals surface area contributed by atoms with Gasteiger partial charge in [-0.05, 0) is 31.2 Å². The molecule has 0 aliphatic carbocycles. The van der Waals surface area contributed by atoms with Gasteiger partial charge in [-0.15, -0.1) is 0 Å². The number of aromatic nitrogens is 3. The number of hydrogen-bond acceptors (Lipinski definition) is 5. The smallest absolute Gasteiger partial charge is 0.328 e. The van der Waals surface area contributed by atoms with Gasteiger partial charge in [-0.25, -0.2) is 4.79 Å². The molecule has 0 atom stereocenters. The zero-order chi connectivity index (χ0) is 19.5. The number of piperazine rings is 1. The van der Waals surface area contributed by atoms with Crippen molar-refractivity contribution in [3.8, 4) is 5.75 Å². The number of ether oxygens (including phenoxy) is 1. The molecule has 0 amide bonds. The molecule has 148 valence electrons. The van der Waals surface area contributed by atoms with E-state index < -0.39 is 0 Å². The lowest BCUT2D eigenvalue weighted by molar-refractivity contribution is 0.249. The highest BCUT2D eigenvalue weighted by Gasteiger charge is 2.19. The third kappa shape index (κ3) is 3.55. The second-order valence-electron chi connectivity index (χ2n) is 7.01. The molecule has 2 aromatic heterocycles. The maximum atomic E-state index is 12.4. The summed E-state index contributed by atoms with van der Waals surface area (Å²) in [7, 11) is 1.70. The number of anilines is 1. The van der Waals surface area contributed by atoms with E-state index in [1.54, 1.807) is 19.4 Å². The summed E-state index contributed by atoms with van der Waals surface area (Å²) < 4.78 is 6.75. The summed E-state index contributed by atoms with van der Waals surface area (Å²) in [4.78, 5) is 34.9. The molecule has 2 N–H and O–H groups in total. The van der Waals surface area contributed by atoms with Crippen molar-refractivity contribution >= 4 is 16.7 Å². The van der Waals surface area contributed by atoms with Crippen molar-refractivity contribution in [3.05, 3.63) is 57.4 Å².